The maximum Gasteiger partial charge on any atom is 0.223 e. The average Bonchev–Trinajstić information content (AvgIpc) is 3.24. The monoisotopic (exact) mass is 340 g/mol. The number of carbonyl (C=O) groups is 1. The molecule has 1 aliphatic heterocycles. The van der Waals surface area contributed by atoms with Gasteiger partial charge in [0.05, 0.1) is 23.9 Å². The van der Waals surface area contributed by atoms with Crippen molar-refractivity contribution in [1.82, 2.24) is 14.7 Å². The molecule has 0 N–H and O–H groups in total. The van der Waals surface area contributed by atoms with Crippen LogP contribution in [-0.2, 0) is 11.8 Å². The molecule has 1 saturated heterocycles. The van der Waals surface area contributed by atoms with Gasteiger partial charge in [0.15, 0.2) is 0 Å². The summed E-state index contributed by atoms with van der Waals surface area (Å²) in [5, 5.41) is 13.0. The van der Waals surface area contributed by atoms with Crippen LogP contribution in [0.4, 0.5) is 0 Å². The summed E-state index contributed by atoms with van der Waals surface area (Å²) in [5.74, 6) is 0.962. The van der Waals surface area contributed by atoms with E-state index < -0.39 is 0 Å². The van der Waals surface area contributed by atoms with Gasteiger partial charge in [0.25, 0.3) is 0 Å². The van der Waals surface area contributed by atoms with Crippen LogP contribution >= 0.6 is 11.8 Å². The Balaban J connectivity index is 1.53. The first-order valence-corrected chi connectivity index (χ1v) is 9.07. The average molecular weight is 340 g/mol. The van der Waals surface area contributed by atoms with Gasteiger partial charge in [0.2, 0.25) is 5.91 Å². The van der Waals surface area contributed by atoms with Crippen molar-refractivity contribution < 1.29 is 4.79 Å². The van der Waals surface area contributed by atoms with Crippen LogP contribution in [0, 0.1) is 11.3 Å². The Hall–Kier alpha value is -2.26. The molecule has 124 valence electrons. The third-order valence-corrected chi connectivity index (χ3v) is 5.26. The zero-order valence-electron chi connectivity index (χ0n) is 13.7. The van der Waals surface area contributed by atoms with E-state index in [-0.39, 0.29) is 11.9 Å². The first-order valence-electron chi connectivity index (χ1n) is 8.08. The summed E-state index contributed by atoms with van der Waals surface area (Å²) in [4.78, 5) is 15.7. The lowest BCUT2D eigenvalue weighted by molar-refractivity contribution is -0.131. The van der Waals surface area contributed by atoms with E-state index in [2.05, 4.69) is 11.2 Å². The molecule has 1 atom stereocenters. The van der Waals surface area contributed by atoms with Crippen molar-refractivity contribution >= 4 is 17.7 Å². The zero-order valence-corrected chi connectivity index (χ0v) is 14.5. The van der Waals surface area contributed by atoms with Crippen LogP contribution in [-0.4, -0.2) is 32.9 Å². The summed E-state index contributed by atoms with van der Waals surface area (Å²) < 4.78 is 1.79. The highest BCUT2D eigenvalue weighted by molar-refractivity contribution is 7.99. The molecule has 1 unspecified atom stereocenters. The first kappa shape index (κ1) is 16.6. The minimum Gasteiger partial charge on any atom is -0.336 e. The van der Waals surface area contributed by atoms with E-state index in [1.54, 1.807) is 16.4 Å². The van der Waals surface area contributed by atoms with Gasteiger partial charge in [-0.3, -0.25) is 9.48 Å². The molecular weight excluding hydrogens is 320 g/mol. The summed E-state index contributed by atoms with van der Waals surface area (Å²) in [6, 6.07) is 9.77. The van der Waals surface area contributed by atoms with Crippen LogP contribution < -0.4 is 0 Å². The van der Waals surface area contributed by atoms with Crippen molar-refractivity contribution in [2.75, 3.05) is 12.3 Å². The molecule has 1 aromatic carbocycles. The number of rotatable bonds is 5. The van der Waals surface area contributed by atoms with Crippen LogP contribution in [0.5, 0.6) is 0 Å². The number of aryl methyl sites for hydroxylation is 1. The predicted molar refractivity (Wildman–Crippen MR) is 93.4 cm³/mol. The molecular formula is C18H20N4OS. The summed E-state index contributed by atoms with van der Waals surface area (Å²) in [7, 11) is 1.90. The Morgan fingerprint density at radius 1 is 1.42 bits per heavy atom. The van der Waals surface area contributed by atoms with Gasteiger partial charge in [-0.2, -0.15) is 10.4 Å². The molecule has 0 radical (unpaired) electrons. The highest BCUT2D eigenvalue weighted by Gasteiger charge is 2.30. The van der Waals surface area contributed by atoms with Gasteiger partial charge >= 0.3 is 0 Å². The number of aromatic nitrogens is 2. The summed E-state index contributed by atoms with van der Waals surface area (Å²) >= 11 is 1.65. The van der Waals surface area contributed by atoms with Crippen LogP contribution in [0.25, 0.3) is 0 Å². The number of carbonyl (C=O) groups excluding carboxylic acids is 1. The number of hydrogen-bond donors (Lipinski definition) is 0. The van der Waals surface area contributed by atoms with Crippen LogP contribution in [0.15, 0.2) is 41.6 Å². The minimum absolute atomic E-state index is 0.172. The Kier molecular flexibility index (Phi) is 5.21. The maximum atomic E-state index is 12.6. The van der Waals surface area contributed by atoms with Crippen molar-refractivity contribution in [3.63, 3.8) is 0 Å². The zero-order chi connectivity index (χ0) is 16.9. The second-order valence-corrected chi connectivity index (χ2v) is 7.10. The van der Waals surface area contributed by atoms with Crippen molar-refractivity contribution in [2.45, 2.75) is 30.2 Å². The molecule has 24 heavy (non-hydrogen) atoms. The van der Waals surface area contributed by atoms with E-state index in [0.29, 0.717) is 12.0 Å². The topological polar surface area (TPSA) is 61.9 Å². The molecule has 0 saturated carbocycles. The molecule has 0 aliphatic carbocycles. The fraction of sp³-hybridized carbons (Fsp3) is 0.389. The summed E-state index contributed by atoms with van der Waals surface area (Å²) in [6.07, 6.45) is 6.46. The number of thioether (sulfide) groups is 1. The van der Waals surface area contributed by atoms with Crippen LogP contribution in [0.1, 0.15) is 36.4 Å². The Morgan fingerprint density at radius 2 is 2.21 bits per heavy atom. The highest BCUT2D eigenvalue weighted by atomic mass is 32.2. The third kappa shape index (κ3) is 3.80. The molecule has 1 aromatic heterocycles. The van der Waals surface area contributed by atoms with Gasteiger partial charge in [0, 0.05) is 42.4 Å². The standard InChI is InChI=1S/C18H20N4OS/c1-21-13-15(12-20-21)17-3-2-9-22(17)18(23)8-10-24-16-6-4-14(11-19)5-7-16/h4-7,12-13,17H,2-3,8-10H2,1H3. The molecule has 1 aliphatic rings. The van der Waals surface area contributed by atoms with Crippen molar-refractivity contribution in [2.24, 2.45) is 7.05 Å². The van der Waals surface area contributed by atoms with Gasteiger partial charge in [-0.1, -0.05) is 0 Å². The molecule has 6 heteroatoms. The number of benzene rings is 1. The fourth-order valence-corrected chi connectivity index (χ4v) is 3.89. The van der Waals surface area contributed by atoms with Crippen molar-refractivity contribution in [1.29, 1.82) is 5.26 Å². The Bertz CT molecular complexity index is 747. The second kappa shape index (κ2) is 7.54. The van der Waals surface area contributed by atoms with Gasteiger partial charge in [-0.25, -0.2) is 0 Å². The molecule has 1 amide bonds. The number of nitrogens with zero attached hydrogens (tertiary/aromatic N) is 4. The molecule has 3 rings (SSSR count). The van der Waals surface area contributed by atoms with E-state index in [0.717, 1.165) is 35.6 Å². The second-order valence-electron chi connectivity index (χ2n) is 5.93. The number of likely N-dealkylation sites (tertiary alicyclic amines) is 1. The summed E-state index contributed by atoms with van der Waals surface area (Å²) in [5.41, 5.74) is 1.79. The normalized spacial score (nSPS) is 17.0. The third-order valence-electron chi connectivity index (χ3n) is 4.25. The molecule has 2 aromatic rings. The van der Waals surface area contributed by atoms with E-state index in [1.807, 2.05) is 48.6 Å². The number of hydrogen-bond acceptors (Lipinski definition) is 4. The van der Waals surface area contributed by atoms with Crippen LogP contribution in [0.2, 0.25) is 0 Å². The molecule has 5 nitrogen and oxygen atoms in total. The molecule has 2 heterocycles. The van der Waals surface area contributed by atoms with Gasteiger partial charge < -0.3 is 4.90 Å². The van der Waals surface area contributed by atoms with Gasteiger partial charge in [-0.15, -0.1) is 11.8 Å². The van der Waals surface area contributed by atoms with E-state index in [9.17, 15) is 4.79 Å². The SMILES string of the molecule is Cn1cc(C2CCCN2C(=O)CCSc2ccc(C#N)cc2)cn1. The summed E-state index contributed by atoms with van der Waals surface area (Å²) in [6.45, 7) is 0.833. The highest BCUT2D eigenvalue weighted by Crippen LogP contribution is 2.32. The molecule has 1 fully saturated rings. The van der Waals surface area contributed by atoms with E-state index in [1.165, 1.54) is 0 Å². The lowest BCUT2D eigenvalue weighted by Gasteiger charge is -2.24. The lowest BCUT2D eigenvalue weighted by Crippen LogP contribution is -2.30. The fourth-order valence-electron chi connectivity index (χ4n) is 3.05. The van der Waals surface area contributed by atoms with Crippen LogP contribution in [0.3, 0.4) is 0 Å². The van der Waals surface area contributed by atoms with Crippen molar-refractivity contribution in [3.05, 3.63) is 47.8 Å². The minimum atomic E-state index is 0.172. The largest absolute Gasteiger partial charge is 0.336 e. The van der Waals surface area contributed by atoms with E-state index >= 15 is 0 Å². The van der Waals surface area contributed by atoms with Gasteiger partial charge in [0.1, 0.15) is 0 Å². The smallest absolute Gasteiger partial charge is 0.223 e. The number of amides is 1. The Morgan fingerprint density at radius 3 is 2.88 bits per heavy atom. The first-order chi connectivity index (χ1) is 11.7. The quantitative estimate of drug-likeness (QED) is 0.785. The molecule has 0 spiro atoms. The van der Waals surface area contributed by atoms with E-state index in [4.69, 9.17) is 5.26 Å². The Labute approximate surface area is 146 Å². The number of nitriles is 1. The lowest BCUT2D eigenvalue weighted by atomic mass is 10.1. The maximum absolute atomic E-state index is 12.6. The van der Waals surface area contributed by atoms with Crippen molar-refractivity contribution in [3.8, 4) is 6.07 Å². The molecule has 0 bridgehead atoms. The predicted octanol–water partition coefficient (Wildman–Crippen LogP) is 3.14. The van der Waals surface area contributed by atoms with Gasteiger partial charge in [-0.05, 0) is 37.1 Å².